The number of anilines is 2. The van der Waals surface area contributed by atoms with E-state index in [9.17, 15) is 9.59 Å². The first-order chi connectivity index (χ1) is 13.0. The summed E-state index contributed by atoms with van der Waals surface area (Å²) in [6.07, 6.45) is 0. The predicted molar refractivity (Wildman–Crippen MR) is 100 cm³/mol. The molecule has 0 radical (unpaired) electrons. The third-order valence-corrected chi connectivity index (χ3v) is 3.97. The third-order valence-electron chi connectivity index (χ3n) is 3.97. The SMILES string of the molecule is COc1cc(NC(=O)Nc2ccc3c(c2)oc(=O)n3C)cc(OC)c1OC. The molecule has 2 amide bonds. The van der Waals surface area contributed by atoms with Gasteiger partial charge in [0.15, 0.2) is 17.1 Å². The number of aryl methyl sites for hydroxylation is 1. The lowest BCUT2D eigenvalue weighted by atomic mass is 10.2. The maximum atomic E-state index is 12.3. The van der Waals surface area contributed by atoms with Crippen LogP contribution in [0.2, 0.25) is 0 Å². The summed E-state index contributed by atoms with van der Waals surface area (Å²) in [7, 11) is 6.09. The van der Waals surface area contributed by atoms with Gasteiger partial charge in [0.25, 0.3) is 0 Å². The summed E-state index contributed by atoms with van der Waals surface area (Å²) in [6, 6.07) is 7.68. The van der Waals surface area contributed by atoms with Crippen molar-refractivity contribution in [1.82, 2.24) is 4.57 Å². The molecule has 0 saturated heterocycles. The molecule has 9 nitrogen and oxygen atoms in total. The van der Waals surface area contributed by atoms with Crippen LogP contribution in [0.1, 0.15) is 0 Å². The number of amides is 2. The molecule has 0 aliphatic heterocycles. The molecule has 2 aromatic carbocycles. The standard InChI is InChI=1S/C18H19N3O6/c1-21-12-6-5-10(7-13(12)27-18(21)23)19-17(22)20-11-8-14(24-2)16(26-4)15(9-11)25-3/h5-9H,1-4H3,(H2,19,20,22). The Hall–Kier alpha value is -3.62. The Morgan fingerprint density at radius 1 is 0.963 bits per heavy atom. The van der Waals surface area contributed by atoms with E-state index < -0.39 is 11.8 Å². The molecule has 0 spiro atoms. The molecule has 0 saturated carbocycles. The number of benzene rings is 2. The minimum absolute atomic E-state index is 0.382. The minimum Gasteiger partial charge on any atom is -0.493 e. The number of aromatic nitrogens is 1. The van der Waals surface area contributed by atoms with E-state index in [1.54, 1.807) is 37.4 Å². The first-order valence-electron chi connectivity index (χ1n) is 7.94. The summed E-state index contributed by atoms with van der Waals surface area (Å²) < 4.78 is 22.3. The van der Waals surface area contributed by atoms with Crippen molar-refractivity contribution >= 4 is 28.5 Å². The number of nitrogens with one attached hydrogen (secondary N) is 2. The number of fused-ring (bicyclic) bond motifs is 1. The highest BCUT2D eigenvalue weighted by atomic mass is 16.5. The number of nitrogens with zero attached hydrogens (tertiary/aromatic N) is 1. The Morgan fingerprint density at radius 3 is 2.19 bits per heavy atom. The number of hydrogen-bond acceptors (Lipinski definition) is 6. The normalized spacial score (nSPS) is 10.5. The molecule has 1 aromatic heterocycles. The molecule has 0 aliphatic carbocycles. The lowest BCUT2D eigenvalue weighted by molar-refractivity contribution is 0.262. The van der Waals surface area contributed by atoms with Gasteiger partial charge in [-0.15, -0.1) is 0 Å². The van der Waals surface area contributed by atoms with Crippen LogP contribution in [0, 0.1) is 0 Å². The van der Waals surface area contributed by atoms with E-state index in [4.69, 9.17) is 18.6 Å². The van der Waals surface area contributed by atoms with Gasteiger partial charge >= 0.3 is 11.8 Å². The fourth-order valence-corrected chi connectivity index (χ4v) is 2.66. The number of rotatable bonds is 5. The molecule has 0 unspecified atom stereocenters. The van der Waals surface area contributed by atoms with Crippen LogP contribution < -0.4 is 30.6 Å². The van der Waals surface area contributed by atoms with Crippen molar-refractivity contribution < 1.29 is 23.4 Å². The Bertz CT molecular complexity index is 1030. The highest BCUT2D eigenvalue weighted by Gasteiger charge is 2.15. The van der Waals surface area contributed by atoms with Gasteiger partial charge in [-0.3, -0.25) is 4.57 Å². The van der Waals surface area contributed by atoms with Gasteiger partial charge in [0.05, 0.1) is 32.5 Å². The van der Waals surface area contributed by atoms with E-state index >= 15 is 0 Å². The van der Waals surface area contributed by atoms with Crippen LogP contribution in [0.3, 0.4) is 0 Å². The molecule has 142 valence electrons. The molecule has 3 aromatic rings. The summed E-state index contributed by atoms with van der Waals surface area (Å²) in [4.78, 5) is 23.9. The topological polar surface area (TPSA) is 104 Å². The van der Waals surface area contributed by atoms with Gasteiger partial charge in [-0.1, -0.05) is 0 Å². The Labute approximate surface area is 154 Å². The second-order valence-electron chi connectivity index (χ2n) is 5.60. The number of carbonyl (C=O) groups is 1. The highest BCUT2D eigenvalue weighted by molar-refractivity contribution is 6.01. The summed E-state index contributed by atoms with van der Waals surface area (Å²) >= 11 is 0. The maximum Gasteiger partial charge on any atom is 0.419 e. The quantitative estimate of drug-likeness (QED) is 0.713. The summed E-state index contributed by atoms with van der Waals surface area (Å²) in [5.74, 6) is 0.791. The molecule has 2 N–H and O–H groups in total. The van der Waals surface area contributed by atoms with Crippen molar-refractivity contribution in [3.05, 3.63) is 40.9 Å². The average molecular weight is 373 g/mol. The van der Waals surface area contributed by atoms with Crippen LogP contribution in [0.4, 0.5) is 16.2 Å². The van der Waals surface area contributed by atoms with Gasteiger partial charge in [0.2, 0.25) is 5.75 Å². The number of carbonyl (C=O) groups excluding carboxylic acids is 1. The van der Waals surface area contributed by atoms with Crippen molar-refractivity contribution in [2.24, 2.45) is 7.05 Å². The molecule has 27 heavy (non-hydrogen) atoms. The zero-order valence-electron chi connectivity index (χ0n) is 15.3. The van der Waals surface area contributed by atoms with Crippen molar-refractivity contribution in [3.63, 3.8) is 0 Å². The number of oxazole rings is 1. The fourth-order valence-electron chi connectivity index (χ4n) is 2.66. The lowest BCUT2D eigenvalue weighted by Crippen LogP contribution is -2.19. The summed E-state index contributed by atoms with van der Waals surface area (Å²) in [6.45, 7) is 0. The van der Waals surface area contributed by atoms with Gasteiger partial charge in [-0.25, -0.2) is 9.59 Å². The van der Waals surface area contributed by atoms with Crippen molar-refractivity contribution in [2.75, 3.05) is 32.0 Å². The maximum absolute atomic E-state index is 12.3. The molecule has 0 atom stereocenters. The Balaban J connectivity index is 1.80. The fraction of sp³-hybridized carbons (Fsp3) is 0.222. The number of urea groups is 1. The number of ether oxygens (including phenoxy) is 3. The van der Waals surface area contributed by atoms with Gasteiger partial charge in [0, 0.05) is 30.9 Å². The van der Waals surface area contributed by atoms with Crippen LogP contribution in [-0.2, 0) is 7.05 Å². The second-order valence-corrected chi connectivity index (χ2v) is 5.60. The van der Waals surface area contributed by atoms with Crippen molar-refractivity contribution in [1.29, 1.82) is 0 Å². The van der Waals surface area contributed by atoms with Crippen LogP contribution in [0.5, 0.6) is 17.2 Å². The smallest absolute Gasteiger partial charge is 0.419 e. The van der Waals surface area contributed by atoms with E-state index in [0.29, 0.717) is 39.7 Å². The Morgan fingerprint density at radius 2 is 1.59 bits per heavy atom. The highest BCUT2D eigenvalue weighted by Crippen LogP contribution is 2.39. The van der Waals surface area contributed by atoms with Crippen LogP contribution >= 0.6 is 0 Å². The zero-order chi connectivity index (χ0) is 19.6. The van der Waals surface area contributed by atoms with Crippen molar-refractivity contribution in [2.45, 2.75) is 0 Å². The van der Waals surface area contributed by atoms with Gasteiger partial charge < -0.3 is 29.3 Å². The summed E-state index contributed by atoms with van der Waals surface area (Å²) in [5, 5.41) is 5.37. The van der Waals surface area contributed by atoms with E-state index in [1.807, 2.05) is 0 Å². The molecule has 3 rings (SSSR count). The van der Waals surface area contributed by atoms with Crippen LogP contribution in [-0.4, -0.2) is 31.9 Å². The second kappa shape index (κ2) is 7.32. The minimum atomic E-state index is -0.484. The van der Waals surface area contributed by atoms with Gasteiger partial charge in [-0.05, 0) is 12.1 Å². The van der Waals surface area contributed by atoms with Gasteiger partial charge in [-0.2, -0.15) is 0 Å². The van der Waals surface area contributed by atoms with Crippen LogP contribution in [0.15, 0.2) is 39.5 Å². The van der Waals surface area contributed by atoms with E-state index in [2.05, 4.69) is 10.6 Å². The van der Waals surface area contributed by atoms with E-state index in [-0.39, 0.29) is 0 Å². The number of methoxy groups -OCH3 is 3. The lowest BCUT2D eigenvalue weighted by Gasteiger charge is -2.15. The predicted octanol–water partition coefficient (Wildman–Crippen LogP) is 2.80. The largest absolute Gasteiger partial charge is 0.493 e. The Kier molecular flexibility index (Phi) is 4.93. The first-order valence-corrected chi connectivity index (χ1v) is 7.94. The molecule has 1 heterocycles. The molecule has 0 bridgehead atoms. The zero-order valence-corrected chi connectivity index (χ0v) is 15.3. The van der Waals surface area contributed by atoms with Gasteiger partial charge in [0.1, 0.15) is 0 Å². The molecule has 9 heteroatoms. The van der Waals surface area contributed by atoms with Crippen LogP contribution in [0.25, 0.3) is 11.1 Å². The first kappa shape index (κ1) is 18.2. The summed E-state index contributed by atoms with van der Waals surface area (Å²) in [5.41, 5.74) is 1.94. The molecular weight excluding hydrogens is 354 g/mol. The monoisotopic (exact) mass is 373 g/mol. The van der Waals surface area contributed by atoms with Crippen molar-refractivity contribution in [3.8, 4) is 17.2 Å². The number of hydrogen-bond donors (Lipinski definition) is 2. The van der Waals surface area contributed by atoms with E-state index in [0.717, 1.165) is 0 Å². The average Bonchev–Trinajstić information content (AvgIpc) is 2.94. The molecule has 0 fully saturated rings. The third kappa shape index (κ3) is 3.52. The molecule has 0 aliphatic rings. The molecular formula is C18H19N3O6. The van der Waals surface area contributed by atoms with E-state index in [1.165, 1.54) is 25.9 Å².